The topological polar surface area (TPSA) is 109 Å². The van der Waals surface area contributed by atoms with Crippen LogP contribution in [-0.2, 0) is 32.0 Å². The Balaban J connectivity index is 1.50. The molecular formula is C26H25N7O3. The number of amides is 1. The molecule has 0 atom stereocenters. The number of imidazole rings is 1. The summed E-state index contributed by atoms with van der Waals surface area (Å²) in [5, 5.41) is 7.60. The molecule has 36 heavy (non-hydrogen) atoms. The fraction of sp³-hybridized carbons (Fsp3) is 0.192. The predicted octanol–water partition coefficient (Wildman–Crippen LogP) is 2.29. The van der Waals surface area contributed by atoms with Crippen LogP contribution >= 0.6 is 0 Å². The van der Waals surface area contributed by atoms with Gasteiger partial charge in [-0.05, 0) is 18.1 Å². The van der Waals surface area contributed by atoms with E-state index in [-0.39, 0.29) is 11.2 Å². The van der Waals surface area contributed by atoms with Gasteiger partial charge in [-0.1, -0.05) is 54.6 Å². The van der Waals surface area contributed by atoms with Crippen LogP contribution in [0.4, 0.5) is 5.82 Å². The Labute approximate surface area is 206 Å². The highest BCUT2D eigenvalue weighted by Crippen LogP contribution is 2.25. The summed E-state index contributed by atoms with van der Waals surface area (Å²) in [5.41, 5.74) is 3.07. The number of anilines is 1. The van der Waals surface area contributed by atoms with E-state index in [1.807, 2.05) is 61.5 Å². The van der Waals surface area contributed by atoms with Crippen LogP contribution in [0, 0.1) is 6.92 Å². The van der Waals surface area contributed by atoms with E-state index >= 15 is 0 Å². The Morgan fingerprint density at radius 1 is 1.00 bits per heavy atom. The molecule has 10 nitrogen and oxygen atoms in total. The van der Waals surface area contributed by atoms with Gasteiger partial charge in [0.15, 0.2) is 11.2 Å². The fourth-order valence-electron chi connectivity index (χ4n) is 4.25. The highest BCUT2D eigenvalue weighted by molar-refractivity contribution is 5.90. The van der Waals surface area contributed by atoms with E-state index in [1.54, 1.807) is 17.8 Å². The summed E-state index contributed by atoms with van der Waals surface area (Å²) < 4.78 is 5.43. The average Bonchev–Trinajstić information content (AvgIpc) is 3.44. The molecule has 1 N–H and O–H groups in total. The summed E-state index contributed by atoms with van der Waals surface area (Å²) in [7, 11) is 3.19. The molecule has 182 valence electrons. The van der Waals surface area contributed by atoms with Gasteiger partial charge < -0.3 is 9.88 Å². The van der Waals surface area contributed by atoms with Gasteiger partial charge in [0.25, 0.3) is 5.56 Å². The van der Waals surface area contributed by atoms with Crippen molar-refractivity contribution in [1.82, 2.24) is 28.5 Å². The van der Waals surface area contributed by atoms with Gasteiger partial charge in [-0.15, -0.1) is 0 Å². The third kappa shape index (κ3) is 4.13. The maximum atomic E-state index is 13.1. The standard InChI is InChI=1S/C26H25N7O3/c1-17-9-7-8-12-19(17)20-13-21(33(29-20)14-18-10-5-4-6-11-18)28-22(34)15-32-25(35)23-24(27-16-30(23)2)31(3)26(32)36/h4-13,16H,14-15H2,1-3H3,(H,28,34). The van der Waals surface area contributed by atoms with Crippen molar-refractivity contribution >= 4 is 22.9 Å². The second kappa shape index (κ2) is 9.14. The zero-order valence-electron chi connectivity index (χ0n) is 20.2. The number of hydrogen-bond donors (Lipinski definition) is 1. The van der Waals surface area contributed by atoms with Gasteiger partial charge in [-0.3, -0.25) is 14.2 Å². The van der Waals surface area contributed by atoms with Crippen molar-refractivity contribution in [3.05, 3.63) is 99.0 Å². The molecule has 2 aromatic carbocycles. The van der Waals surface area contributed by atoms with Crippen LogP contribution in [0.15, 0.2) is 76.6 Å². The Morgan fingerprint density at radius 3 is 2.47 bits per heavy atom. The molecule has 0 saturated heterocycles. The third-order valence-corrected chi connectivity index (χ3v) is 6.15. The zero-order chi connectivity index (χ0) is 25.4. The number of carbonyl (C=O) groups is 1. The number of nitrogens with zero attached hydrogens (tertiary/aromatic N) is 6. The number of hydrogen-bond acceptors (Lipinski definition) is 5. The fourth-order valence-corrected chi connectivity index (χ4v) is 4.25. The van der Waals surface area contributed by atoms with Gasteiger partial charge in [-0.2, -0.15) is 5.10 Å². The van der Waals surface area contributed by atoms with Gasteiger partial charge in [-0.25, -0.2) is 19.0 Å². The molecule has 5 aromatic rings. The minimum Gasteiger partial charge on any atom is -0.328 e. The molecule has 0 fully saturated rings. The molecule has 0 spiro atoms. The molecule has 0 aliphatic carbocycles. The minimum absolute atomic E-state index is 0.251. The Kier molecular flexibility index (Phi) is 5.85. The number of carbonyl (C=O) groups excluding carboxylic acids is 1. The van der Waals surface area contributed by atoms with Crippen molar-refractivity contribution in [2.24, 2.45) is 14.1 Å². The van der Waals surface area contributed by atoms with Crippen LogP contribution in [0.2, 0.25) is 0 Å². The summed E-state index contributed by atoms with van der Waals surface area (Å²) in [6.07, 6.45) is 1.46. The van der Waals surface area contributed by atoms with Gasteiger partial charge >= 0.3 is 5.69 Å². The first-order chi connectivity index (χ1) is 17.3. The molecule has 10 heteroatoms. The molecule has 0 unspecified atom stereocenters. The van der Waals surface area contributed by atoms with Crippen molar-refractivity contribution in [2.45, 2.75) is 20.0 Å². The molecule has 0 aliphatic heterocycles. The summed E-state index contributed by atoms with van der Waals surface area (Å²) in [5.74, 6) is -0.0464. The maximum Gasteiger partial charge on any atom is 0.332 e. The second-order valence-corrected chi connectivity index (χ2v) is 8.68. The Hall–Kier alpha value is -4.73. The summed E-state index contributed by atoms with van der Waals surface area (Å²) in [6, 6.07) is 19.4. The van der Waals surface area contributed by atoms with Gasteiger partial charge in [0, 0.05) is 25.7 Å². The lowest BCUT2D eigenvalue weighted by atomic mass is 10.1. The SMILES string of the molecule is Cc1ccccc1-c1cc(NC(=O)Cn2c(=O)c3c(ncn3C)n(C)c2=O)n(Cc2ccccc2)n1. The van der Waals surface area contributed by atoms with E-state index in [4.69, 9.17) is 5.10 Å². The first-order valence-corrected chi connectivity index (χ1v) is 11.4. The van der Waals surface area contributed by atoms with Gasteiger partial charge in [0.05, 0.1) is 18.6 Å². The molecule has 3 aromatic heterocycles. The minimum atomic E-state index is -0.611. The van der Waals surface area contributed by atoms with Crippen LogP contribution in [0.3, 0.4) is 0 Å². The number of nitrogens with one attached hydrogen (secondary N) is 1. The van der Waals surface area contributed by atoms with Gasteiger partial charge in [0.1, 0.15) is 12.4 Å². The smallest absolute Gasteiger partial charge is 0.328 e. The van der Waals surface area contributed by atoms with Crippen LogP contribution in [0.1, 0.15) is 11.1 Å². The van der Waals surface area contributed by atoms with Crippen LogP contribution in [-0.4, -0.2) is 34.4 Å². The number of rotatable bonds is 6. The first kappa shape index (κ1) is 23.0. The van der Waals surface area contributed by atoms with E-state index in [1.165, 1.54) is 22.5 Å². The van der Waals surface area contributed by atoms with Gasteiger partial charge in [0.2, 0.25) is 5.91 Å². The molecule has 0 saturated carbocycles. The molecule has 1 amide bonds. The number of aryl methyl sites for hydroxylation is 3. The van der Waals surface area contributed by atoms with Crippen molar-refractivity contribution in [3.8, 4) is 11.3 Å². The van der Waals surface area contributed by atoms with Crippen molar-refractivity contribution < 1.29 is 4.79 Å². The van der Waals surface area contributed by atoms with E-state index in [0.717, 1.165) is 21.3 Å². The van der Waals surface area contributed by atoms with E-state index in [2.05, 4.69) is 10.3 Å². The highest BCUT2D eigenvalue weighted by Gasteiger charge is 2.19. The Bertz CT molecular complexity index is 1710. The summed E-state index contributed by atoms with van der Waals surface area (Å²) in [4.78, 5) is 43.0. The lowest BCUT2D eigenvalue weighted by Gasteiger charge is -2.11. The normalized spacial score (nSPS) is 11.2. The molecule has 3 heterocycles. The predicted molar refractivity (Wildman–Crippen MR) is 137 cm³/mol. The second-order valence-electron chi connectivity index (χ2n) is 8.68. The monoisotopic (exact) mass is 483 g/mol. The maximum absolute atomic E-state index is 13.1. The number of aromatic nitrogens is 6. The highest BCUT2D eigenvalue weighted by atomic mass is 16.2. The summed E-state index contributed by atoms with van der Waals surface area (Å²) >= 11 is 0. The number of benzene rings is 2. The quantitative estimate of drug-likeness (QED) is 0.399. The zero-order valence-corrected chi connectivity index (χ0v) is 20.2. The molecule has 0 radical (unpaired) electrons. The van der Waals surface area contributed by atoms with E-state index in [9.17, 15) is 14.4 Å². The first-order valence-electron chi connectivity index (χ1n) is 11.4. The lowest BCUT2D eigenvalue weighted by Crippen LogP contribution is -2.42. The number of fused-ring (bicyclic) bond motifs is 1. The van der Waals surface area contributed by atoms with Crippen LogP contribution in [0.25, 0.3) is 22.4 Å². The van der Waals surface area contributed by atoms with Crippen molar-refractivity contribution in [1.29, 1.82) is 0 Å². The Morgan fingerprint density at radius 2 is 1.72 bits per heavy atom. The third-order valence-electron chi connectivity index (χ3n) is 6.15. The molecule has 0 bridgehead atoms. The van der Waals surface area contributed by atoms with Crippen molar-refractivity contribution in [3.63, 3.8) is 0 Å². The van der Waals surface area contributed by atoms with Crippen LogP contribution < -0.4 is 16.6 Å². The average molecular weight is 484 g/mol. The molecular weight excluding hydrogens is 458 g/mol. The summed E-state index contributed by atoms with van der Waals surface area (Å²) in [6.45, 7) is 1.99. The van der Waals surface area contributed by atoms with Crippen molar-refractivity contribution in [2.75, 3.05) is 5.32 Å². The van der Waals surface area contributed by atoms with Crippen LogP contribution in [0.5, 0.6) is 0 Å². The lowest BCUT2D eigenvalue weighted by molar-refractivity contribution is -0.116. The van der Waals surface area contributed by atoms with E-state index in [0.29, 0.717) is 18.1 Å². The molecule has 5 rings (SSSR count). The van der Waals surface area contributed by atoms with E-state index < -0.39 is 23.7 Å². The molecule has 0 aliphatic rings. The largest absolute Gasteiger partial charge is 0.332 e.